The summed E-state index contributed by atoms with van der Waals surface area (Å²) < 4.78 is 5.33. The van der Waals surface area contributed by atoms with Crippen LogP contribution >= 0.6 is 0 Å². The molecule has 5 heteroatoms. The fraction of sp³-hybridized carbons (Fsp3) is 0.450. The van der Waals surface area contributed by atoms with Crippen LogP contribution in [-0.4, -0.2) is 33.7 Å². The van der Waals surface area contributed by atoms with Crippen molar-refractivity contribution in [1.29, 1.82) is 0 Å². The SMILES string of the molecule is O=C(O)c1ccc(CN2CCCCCC2CC(O)c2ccco2)cc1. The lowest BCUT2D eigenvalue weighted by Gasteiger charge is -2.31. The molecule has 1 aliphatic heterocycles. The number of carbonyl (C=O) groups is 1. The summed E-state index contributed by atoms with van der Waals surface area (Å²) in [6, 6.07) is 11.0. The highest BCUT2D eigenvalue weighted by atomic mass is 16.4. The monoisotopic (exact) mass is 343 g/mol. The molecule has 0 spiro atoms. The Kier molecular flexibility index (Phi) is 5.89. The number of hydrogen-bond donors (Lipinski definition) is 2. The molecule has 2 unspecified atom stereocenters. The summed E-state index contributed by atoms with van der Waals surface area (Å²) in [4.78, 5) is 13.4. The number of nitrogens with zero attached hydrogens (tertiary/aromatic N) is 1. The Hall–Kier alpha value is -2.11. The molecule has 1 saturated heterocycles. The molecule has 5 nitrogen and oxygen atoms in total. The lowest BCUT2D eigenvalue weighted by Crippen LogP contribution is -2.35. The number of aliphatic hydroxyl groups excluding tert-OH is 1. The third kappa shape index (κ3) is 4.71. The summed E-state index contributed by atoms with van der Waals surface area (Å²) >= 11 is 0. The molecular weight excluding hydrogens is 318 g/mol. The summed E-state index contributed by atoms with van der Waals surface area (Å²) in [5.74, 6) is -0.282. The summed E-state index contributed by atoms with van der Waals surface area (Å²) in [5.41, 5.74) is 1.41. The molecule has 0 amide bonds. The van der Waals surface area contributed by atoms with Crippen LogP contribution in [0.15, 0.2) is 47.1 Å². The van der Waals surface area contributed by atoms with Crippen LogP contribution in [0.4, 0.5) is 0 Å². The second-order valence-electron chi connectivity index (χ2n) is 6.74. The van der Waals surface area contributed by atoms with E-state index in [1.807, 2.05) is 18.2 Å². The van der Waals surface area contributed by atoms with Gasteiger partial charge in [0, 0.05) is 12.6 Å². The van der Waals surface area contributed by atoms with Crippen LogP contribution in [0.2, 0.25) is 0 Å². The highest BCUT2D eigenvalue weighted by molar-refractivity contribution is 5.87. The molecule has 0 bridgehead atoms. The minimum absolute atomic E-state index is 0.293. The lowest BCUT2D eigenvalue weighted by molar-refractivity contribution is 0.0696. The number of carboxylic acid groups (broad SMARTS) is 1. The zero-order chi connectivity index (χ0) is 17.6. The second kappa shape index (κ2) is 8.32. The number of rotatable bonds is 6. The van der Waals surface area contributed by atoms with Crippen LogP contribution in [0.3, 0.4) is 0 Å². The van der Waals surface area contributed by atoms with Gasteiger partial charge in [-0.2, -0.15) is 0 Å². The zero-order valence-corrected chi connectivity index (χ0v) is 14.3. The van der Waals surface area contributed by atoms with E-state index in [0.29, 0.717) is 23.8 Å². The number of likely N-dealkylation sites (tertiary alicyclic amines) is 1. The predicted octanol–water partition coefficient (Wildman–Crippen LogP) is 3.85. The van der Waals surface area contributed by atoms with Crippen molar-refractivity contribution < 1.29 is 19.4 Å². The van der Waals surface area contributed by atoms with Gasteiger partial charge in [-0.05, 0) is 55.6 Å². The fourth-order valence-electron chi connectivity index (χ4n) is 3.55. The van der Waals surface area contributed by atoms with Gasteiger partial charge in [-0.1, -0.05) is 25.0 Å². The van der Waals surface area contributed by atoms with Crippen molar-refractivity contribution in [3.8, 4) is 0 Å². The fourth-order valence-corrected chi connectivity index (χ4v) is 3.55. The molecule has 1 aromatic heterocycles. The van der Waals surface area contributed by atoms with E-state index in [2.05, 4.69) is 4.90 Å². The molecule has 25 heavy (non-hydrogen) atoms. The van der Waals surface area contributed by atoms with Gasteiger partial charge >= 0.3 is 5.97 Å². The van der Waals surface area contributed by atoms with E-state index in [4.69, 9.17) is 9.52 Å². The van der Waals surface area contributed by atoms with Crippen LogP contribution in [0, 0.1) is 0 Å². The van der Waals surface area contributed by atoms with E-state index < -0.39 is 12.1 Å². The molecule has 1 aliphatic rings. The number of furan rings is 1. The first-order chi connectivity index (χ1) is 12.1. The summed E-state index contributed by atoms with van der Waals surface area (Å²) in [6.45, 7) is 1.77. The van der Waals surface area contributed by atoms with Crippen molar-refractivity contribution in [2.45, 2.75) is 50.8 Å². The van der Waals surface area contributed by atoms with Gasteiger partial charge in [0.1, 0.15) is 11.9 Å². The first-order valence-electron chi connectivity index (χ1n) is 8.91. The van der Waals surface area contributed by atoms with E-state index in [9.17, 15) is 9.90 Å². The molecule has 2 aromatic rings. The van der Waals surface area contributed by atoms with Gasteiger partial charge in [-0.15, -0.1) is 0 Å². The summed E-state index contributed by atoms with van der Waals surface area (Å²) in [7, 11) is 0. The topological polar surface area (TPSA) is 73.9 Å². The molecule has 134 valence electrons. The minimum Gasteiger partial charge on any atom is -0.478 e. The summed E-state index contributed by atoms with van der Waals surface area (Å²) in [6.07, 6.45) is 6.25. The largest absolute Gasteiger partial charge is 0.478 e. The number of aliphatic hydroxyl groups is 1. The Morgan fingerprint density at radius 2 is 2.00 bits per heavy atom. The van der Waals surface area contributed by atoms with Gasteiger partial charge < -0.3 is 14.6 Å². The lowest BCUT2D eigenvalue weighted by atomic mass is 10.0. The third-order valence-corrected chi connectivity index (χ3v) is 4.95. The first-order valence-corrected chi connectivity index (χ1v) is 8.91. The zero-order valence-electron chi connectivity index (χ0n) is 14.3. The molecule has 2 atom stereocenters. The average molecular weight is 343 g/mol. The summed E-state index contributed by atoms with van der Waals surface area (Å²) in [5, 5.41) is 19.5. The third-order valence-electron chi connectivity index (χ3n) is 4.95. The van der Waals surface area contributed by atoms with Crippen molar-refractivity contribution in [2.24, 2.45) is 0 Å². The first kappa shape index (κ1) is 17.7. The average Bonchev–Trinajstić information content (AvgIpc) is 3.06. The quantitative estimate of drug-likeness (QED) is 0.833. The molecule has 1 fully saturated rings. The van der Waals surface area contributed by atoms with Crippen molar-refractivity contribution >= 4 is 5.97 Å². The number of hydrogen-bond acceptors (Lipinski definition) is 4. The van der Waals surface area contributed by atoms with Crippen LogP contribution in [0.5, 0.6) is 0 Å². The molecule has 0 radical (unpaired) electrons. The maximum absolute atomic E-state index is 11.0. The van der Waals surface area contributed by atoms with Gasteiger partial charge in [0.15, 0.2) is 0 Å². The smallest absolute Gasteiger partial charge is 0.335 e. The van der Waals surface area contributed by atoms with Gasteiger partial charge in [0.2, 0.25) is 0 Å². The molecule has 0 saturated carbocycles. The normalized spacial score (nSPS) is 20.1. The maximum atomic E-state index is 11.0. The Morgan fingerprint density at radius 3 is 2.68 bits per heavy atom. The van der Waals surface area contributed by atoms with Crippen molar-refractivity contribution in [2.75, 3.05) is 6.54 Å². The maximum Gasteiger partial charge on any atom is 0.335 e. The highest BCUT2D eigenvalue weighted by Crippen LogP contribution is 2.27. The molecule has 3 rings (SSSR count). The van der Waals surface area contributed by atoms with Crippen LogP contribution in [0.1, 0.15) is 59.9 Å². The van der Waals surface area contributed by atoms with Gasteiger partial charge in [0.05, 0.1) is 11.8 Å². The Labute approximate surface area is 147 Å². The predicted molar refractivity (Wildman–Crippen MR) is 94.4 cm³/mol. The van der Waals surface area contributed by atoms with E-state index >= 15 is 0 Å². The second-order valence-corrected chi connectivity index (χ2v) is 6.74. The Morgan fingerprint density at radius 1 is 1.20 bits per heavy atom. The van der Waals surface area contributed by atoms with Crippen LogP contribution < -0.4 is 0 Å². The number of carboxylic acids is 1. The van der Waals surface area contributed by atoms with E-state index in [-0.39, 0.29) is 0 Å². The van der Waals surface area contributed by atoms with Crippen LogP contribution in [0.25, 0.3) is 0 Å². The van der Waals surface area contributed by atoms with Crippen molar-refractivity contribution in [3.05, 3.63) is 59.5 Å². The van der Waals surface area contributed by atoms with Gasteiger partial charge in [-0.3, -0.25) is 4.90 Å². The molecule has 2 heterocycles. The van der Waals surface area contributed by atoms with Gasteiger partial charge in [0.25, 0.3) is 0 Å². The standard InChI is InChI=1S/C20H25NO4/c22-18(19-6-4-12-25-19)13-17-5-2-1-3-11-21(17)14-15-7-9-16(10-8-15)20(23)24/h4,6-10,12,17-18,22H,1-3,5,11,13-14H2,(H,23,24). The highest BCUT2D eigenvalue weighted by Gasteiger charge is 2.25. The van der Waals surface area contributed by atoms with Crippen molar-refractivity contribution in [1.82, 2.24) is 4.90 Å². The number of benzene rings is 1. The van der Waals surface area contributed by atoms with E-state index in [1.54, 1.807) is 24.5 Å². The molecule has 0 aliphatic carbocycles. The molecule has 1 aromatic carbocycles. The van der Waals surface area contributed by atoms with Crippen molar-refractivity contribution in [3.63, 3.8) is 0 Å². The van der Waals surface area contributed by atoms with Crippen LogP contribution in [-0.2, 0) is 6.54 Å². The molecular formula is C20H25NO4. The molecule has 2 N–H and O–H groups in total. The van der Waals surface area contributed by atoms with Gasteiger partial charge in [-0.25, -0.2) is 4.79 Å². The van der Waals surface area contributed by atoms with E-state index in [0.717, 1.165) is 31.5 Å². The Bertz CT molecular complexity index is 666. The number of aromatic carboxylic acids is 1. The van der Waals surface area contributed by atoms with E-state index in [1.165, 1.54) is 12.8 Å². The minimum atomic E-state index is -0.902. The Balaban J connectivity index is 1.68.